The molecular weight excluding hydrogens is 646 g/mol. The molecule has 0 saturated heterocycles. The molecule has 1 aliphatic rings. The van der Waals surface area contributed by atoms with Crippen LogP contribution in [0, 0.1) is 19.7 Å². The minimum atomic E-state index is -0.816. The zero-order valence-electron chi connectivity index (χ0n) is 27.6. The van der Waals surface area contributed by atoms with Crippen LogP contribution in [0.15, 0.2) is 77.4 Å². The number of hydrogen-bond donors (Lipinski definition) is 0. The van der Waals surface area contributed by atoms with Gasteiger partial charge < -0.3 is 37.2 Å². The molecule has 2 unspecified atom stereocenters. The topological polar surface area (TPSA) is 0 Å². The summed E-state index contributed by atoms with van der Waals surface area (Å²) in [5.41, 5.74) is 14.1. The maximum atomic E-state index is 14.2. The van der Waals surface area contributed by atoms with Crippen LogP contribution >= 0.6 is 0 Å². The van der Waals surface area contributed by atoms with Crippen LogP contribution in [-0.4, -0.2) is 9.52 Å². The third-order valence-electron chi connectivity index (χ3n) is 8.96. The SMILES string of the molecule is CC1=C(C)[C]([Ti+3])(C([SiH2]c2cc(C)cc(C)c2)c2ccc(F)cc2)C(c2cc(C(C)(C)C)cc(C(C)(C)C)c2)=C1C.[Cl-].[Cl-].[Cl-]. The molecule has 0 spiro atoms. The summed E-state index contributed by atoms with van der Waals surface area (Å²) in [6.07, 6.45) is 0. The molecule has 0 fully saturated rings. The van der Waals surface area contributed by atoms with Crippen LogP contribution in [0.5, 0.6) is 0 Å². The molecule has 0 aromatic heterocycles. The fraction of sp³-hybridized carbons (Fsp3) is 0.405. The van der Waals surface area contributed by atoms with E-state index in [1.54, 1.807) is 12.1 Å². The average Bonchev–Trinajstić information content (AvgIpc) is 3.01. The van der Waals surface area contributed by atoms with E-state index in [-0.39, 0.29) is 63.1 Å². The van der Waals surface area contributed by atoms with E-state index < -0.39 is 9.52 Å². The molecule has 4 rings (SSSR count). The summed E-state index contributed by atoms with van der Waals surface area (Å²) in [5.74, 6) is -0.171. The largest absolute Gasteiger partial charge is 1.00 e. The number of allylic oxidation sites excluding steroid dienone is 4. The molecular formula is C37H46Cl3FSiTi. The van der Waals surface area contributed by atoms with Crippen molar-refractivity contribution >= 4 is 20.3 Å². The fourth-order valence-electron chi connectivity index (χ4n) is 6.40. The van der Waals surface area contributed by atoms with Crippen molar-refractivity contribution in [2.24, 2.45) is 0 Å². The second-order valence-electron chi connectivity index (χ2n) is 14.2. The van der Waals surface area contributed by atoms with Crippen LogP contribution in [0.1, 0.15) is 101 Å². The van der Waals surface area contributed by atoms with E-state index in [0.717, 1.165) is 0 Å². The van der Waals surface area contributed by atoms with Gasteiger partial charge in [-0.15, -0.1) is 0 Å². The molecule has 0 nitrogen and oxygen atoms in total. The van der Waals surface area contributed by atoms with Crippen molar-refractivity contribution in [2.45, 2.75) is 96.3 Å². The summed E-state index contributed by atoms with van der Waals surface area (Å²) in [7, 11) is -0.816. The summed E-state index contributed by atoms with van der Waals surface area (Å²) in [6, 6.07) is 21.7. The Hall–Kier alpha value is -1.13. The normalized spacial score (nSPS) is 18.0. The predicted molar refractivity (Wildman–Crippen MR) is 171 cm³/mol. The van der Waals surface area contributed by atoms with Crippen molar-refractivity contribution < 1.29 is 62.0 Å². The minimum absolute atomic E-state index is 0. The Morgan fingerprint density at radius 2 is 1.14 bits per heavy atom. The second-order valence-corrected chi connectivity index (χ2v) is 17.4. The van der Waals surface area contributed by atoms with Crippen LogP contribution in [0.3, 0.4) is 0 Å². The Labute approximate surface area is 293 Å². The van der Waals surface area contributed by atoms with Crippen LogP contribution in [0.2, 0.25) is 3.72 Å². The molecule has 3 aromatic rings. The maximum absolute atomic E-state index is 14.2. The van der Waals surface area contributed by atoms with Crippen molar-refractivity contribution in [3.63, 3.8) is 0 Å². The quantitative estimate of drug-likeness (QED) is 0.334. The summed E-state index contributed by atoms with van der Waals surface area (Å²) < 4.78 is 14.0. The van der Waals surface area contributed by atoms with Gasteiger partial charge in [-0.25, -0.2) is 0 Å². The first kappa shape index (κ1) is 39.9. The van der Waals surface area contributed by atoms with Gasteiger partial charge in [-0.05, 0) is 0 Å². The molecule has 0 bridgehead atoms. The third kappa shape index (κ3) is 8.18. The Morgan fingerprint density at radius 3 is 1.58 bits per heavy atom. The predicted octanol–water partition coefficient (Wildman–Crippen LogP) is 0.114. The van der Waals surface area contributed by atoms with E-state index >= 15 is 0 Å². The summed E-state index contributed by atoms with van der Waals surface area (Å²) in [5, 5.41) is 1.47. The van der Waals surface area contributed by atoms with Crippen molar-refractivity contribution in [3.8, 4) is 0 Å². The first-order chi connectivity index (χ1) is 18.4. The Bertz CT molecular complexity index is 1460. The van der Waals surface area contributed by atoms with Gasteiger partial charge in [0.1, 0.15) is 0 Å². The van der Waals surface area contributed by atoms with Gasteiger partial charge in [-0.1, -0.05) is 0 Å². The standard InChI is InChI=1S/C37H46FSi.3ClH.Ti/c1-22-16-23(2)18-32(17-22)39-35(27-12-14-31(38)15-13-27)34-26(5)24(3)25(4)33(34)28-19-29(36(6,7)8)21-30(20-28)37(9,10)11;;;;/h12-21,35H,39H2,1-11H3;3*1H;/q;;;;+3/p-3. The van der Waals surface area contributed by atoms with Crippen molar-refractivity contribution in [1.29, 1.82) is 0 Å². The van der Waals surface area contributed by atoms with Crippen LogP contribution in [-0.2, 0) is 31.3 Å². The van der Waals surface area contributed by atoms with Crippen LogP contribution in [0.4, 0.5) is 4.39 Å². The number of benzene rings is 3. The van der Waals surface area contributed by atoms with E-state index in [0.29, 0.717) is 0 Å². The Morgan fingerprint density at radius 1 is 0.674 bits per heavy atom. The monoisotopic (exact) mass is 690 g/mol. The summed E-state index contributed by atoms with van der Waals surface area (Å²) in [4.78, 5) is 0. The van der Waals surface area contributed by atoms with E-state index in [1.165, 1.54) is 60.9 Å². The molecule has 0 heterocycles. The molecule has 0 amide bonds. The smallest absolute Gasteiger partial charge is 1.00 e. The van der Waals surface area contributed by atoms with Gasteiger partial charge in [-0.2, -0.15) is 0 Å². The maximum Gasteiger partial charge on any atom is -1.00 e. The van der Waals surface area contributed by atoms with Gasteiger partial charge in [0.05, 0.1) is 0 Å². The molecule has 230 valence electrons. The molecule has 0 radical (unpaired) electrons. The Balaban J connectivity index is 0.00000308. The fourth-order valence-corrected chi connectivity index (χ4v) is 10.6. The molecule has 43 heavy (non-hydrogen) atoms. The summed E-state index contributed by atoms with van der Waals surface area (Å²) in [6.45, 7) is 25.3. The first-order valence-electron chi connectivity index (χ1n) is 14.6. The summed E-state index contributed by atoms with van der Waals surface area (Å²) >= 11 is 2.47. The van der Waals surface area contributed by atoms with Gasteiger partial charge >= 0.3 is 258 Å². The van der Waals surface area contributed by atoms with Gasteiger partial charge in [-0.3, -0.25) is 0 Å². The zero-order chi connectivity index (χ0) is 29.8. The average molecular weight is 692 g/mol. The molecule has 2 atom stereocenters. The van der Waals surface area contributed by atoms with Crippen LogP contribution < -0.4 is 42.4 Å². The molecule has 0 aliphatic heterocycles. The minimum Gasteiger partial charge on any atom is -1.00 e. The van der Waals surface area contributed by atoms with E-state index in [9.17, 15) is 4.39 Å². The number of hydrogen-bond acceptors (Lipinski definition) is 0. The van der Waals surface area contributed by atoms with Gasteiger partial charge in [0.15, 0.2) is 0 Å². The van der Waals surface area contributed by atoms with Crippen molar-refractivity contribution in [1.82, 2.24) is 0 Å². The Kier molecular flexibility index (Phi) is 13.5. The number of halogens is 4. The van der Waals surface area contributed by atoms with Gasteiger partial charge in [0, 0.05) is 0 Å². The third-order valence-corrected chi connectivity index (χ3v) is 13.5. The van der Waals surface area contributed by atoms with E-state index in [2.05, 4.69) is 133 Å². The van der Waals surface area contributed by atoms with Crippen LogP contribution in [0.25, 0.3) is 5.57 Å². The molecule has 0 saturated carbocycles. The van der Waals surface area contributed by atoms with Crippen molar-refractivity contribution in [2.75, 3.05) is 0 Å². The number of rotatable bonds is 5. The van der Waals surface area contributed by atoms with Crippen molar-refractivity contribution in [3.05, 3.63) is 117 Å². The zero-order valence-corrected chi connectivity index (χ0v) is 32.8. The molecule has 6 heteroatoms. The van der Waals surface area contributed by atoms with Gasteiger partial charge in [0.25, 0.3) is 0 Å². The number of aryl methyl sites for hydroxylation is 2. The molecule has 3 aromatic carbocycles. The first-order valence-corrected chi connectivity index (χ1v) is 16.9. The van der Waals surface area contributed by atoms with Gasteiger partial charge in [0.2, 0.25) is 0 Å². The van der Waals surface area contributed by atoms with E-state index in [4.69, 9.17) is 0 Å². The molecule has 1 aliphatic carbocycles. The second kappa shape index (κ2) is 14.5. The van der Waals surface area contributed by atoms with E-state index in [1.807, 2.05) is 12.1 Å². The molecule has 0 N–H and O–H groups in total.